The lowest BCUT2D eigenvalue weighted by Crippen LogP contribution is -2.09. The number of rotatable bonds is 2. The lowest BCUT2D eigenvalue weighted by Gasteiger charge is -2.20. The van der Waals surface area contributed by atoms with E-state index in [1.165, 1.54) is 60.4 Å². The van der Waals surface area contributed by atoms with Crippen molar-refractivity contribution < 1.29 is 0 Å². The van der Waals surface area contributed by atoms with E-state index in [1.54, 1.807) is 0 Å². The van der Waals surface area contributed by atoms with Crippen molar-refractivity contribution in [3.05, 3.63) is 41.1 Å². The third-order valence-electron chi connectivity index (χ3n) is 4.95. The minimum absolute atomic E-state index is 0.680. The molecular formula is C18H23N3. The molecule has 110 valence electrons. The molecule has 0 bridgehead atoms. The Morgan fingerprint density at radius 3 is 2.62 bits per heavy atom. The van der Waals surface area contributed by atoms with Crippen molar-refractivity contribution in [2.24, 2.45) is 0 Å². The van der Waals surface area contributed by atoms with Crippen molar-refractivity contribution >= 4 is 5.82 Å². The van der Waals surface area contributed by atoms with Gasteiger partial charge >= 0.3 is 0 Å². The van der Waals surface area contributed by atoms with Crippen LogP contribution >= 0.6 is 0 Å². The second-order valence-electron chi connectivity index (χ2n) is 6.47. The zero-order valence-electron chi connectivity index (χ0n) is 12.7. The Balaban J connectivity index is 1.76. The van der Waals surface area contributed by atoms with E-state index in [0.717, 1.165) is 13.0 Å². The largest absolute Gasteiger partial charge is 0.369 e. The predicted molar refractivity (Wildman–Crippen MR) is 86.3 cm³/mol. The minimum atomic E-state index is 0.680. The molecule has 2 aliphatic rings. The van der Waals surface area contributed by atoms with E-state index in [1.807, 2.05) is 0 Å². The van der Waals surface area contributed by atoms with Crippen molar-refractivity contribution in [1.82, 2.24) is 9.78 Å². The van der Waals surface area contributed by atoms with Gasteiger partial charge in [-0.1, -0.05) is 37.0 Å². The van der Waals surface area contributed by atoms with Crippen LogP contribution in [0.5, 0.6) is 0 Å². The second-order valence-corrected chi connectivity index (χ2v) is 6.47. The smallest absolute Gasteiger partial charge is 0.133 e. The summed E-state index contributed by atoms with van der Waals surface area (Å²) in [6.07, 6.45) is 7.89. The Kier molecular flexibility index (Phi) is 3.21. The van der Waals surface area contributed by atoms with Crippen LogP contribution in [0.2, 0.25) is 0 Å². The second kappa shape index (κ2) is 5.21. The Morgan fingerprint density at radius 2 is 1.86 bits per heavy atom. The van der Waals surface area contributed by atoms with E-state index < -0.39 is 0 Å². The summed E-state index contributed by atoms with van der Waals surface area (Å²) in [7, 11) is 0. The van der Waals surface area contributed by atoms with Gasteiger partial charge in [0, 0.05) is 18.0 Å². The summed E-state index contributed by atoms with van der Waals surface area (Å²) in [5, 5.41) is 8.55. The van der Waals surface area contributed by atoms with Gasteiger partial charge in [0.25, 0.3) is 0 Å². The predicted octanol–water partition coefficient (Wildman–Crippen LogP) is 4.20. The number of nitrogens with zero attached hydrogens (tertiary/aromatic N) is 2. The molecule has 0 amide bonds. The Bertz CT molecular complexity index is 633. The molecule has 0 saturated heterocycles. The molecule has 1 aromatic heterocycles. The quantitative estimate of drug-likeness (QED) is 0.894. The zero-order chi connectivity index (χ0) is 14.2. The van der Waals surface area contributed by atoms with Crippen molar-refractivity contribution in [1.29, 1.82) is 0 Å². The molecule has 21 heavy (non-hydrogen) atoms. The van der Waals surface area contributed by atoms with Crippen LogP contribution in [0.3, 0.4) is 0 Å². The molecule has 3 heteroatoms. The summed E-state index contributed by atoms with van der Waals surface area (Å²) < 4.78 is 2.13. The fraction of sp³-hybridized carbons (Fsp3) is 0.500. The monoisotopic (exact) mass is 281 g/mol. The fourth-order valence-corrected chi connectivity index (χ4v) is 3.78. The van der Waals surface area contributed by atoms with E-state index in [0.29, 0.717) is 5.92 Å². The highest BCUT2D eigenvalue weighted by Crippen LogP contribution is 2.38. The molecule has 0 radical (unpaired) electrons. The van der Waals surface area contributed by atoms with E-state index in [2.05, 4.69) is 41.2 Å². The number of hydrogen-bond donors (Lipinski definition) is 1. The highest BCUT2D eigenvalue weighted by molar-refractivity contribution is 5.57. The van der Waals surface area contributed by atoms with Crippen LogP contribution < -0.4 is 5.32 Å². The molecular weight excluding hydrogens is 258 g/mol. The molecule has 1 N–H and O–H groups in total. The third kappa shape index (κ3) is 2.25. The van der Waals surface area contributed by atoms with E-state index in [4.69, 9.17) is 5.10 Å². The van der Waals surface area contributed by atoms with Crippen LogP contribution in [-0.4, -0.2) is 16.3 Å². The van der Waals surface area contributed by atoms with Gasteiger partial charge in [0.05, 0.1) is 11.4 Å². The average Bonchev–Trinajstić information content (AvgIpc) is 3.11. The summed E-state index contributed by atoms with van der Waals surface area (Å²) in [5.41, 5.74) is 5.31. The van der Waals surface area contributed by atoms with Gasteiger partial charge in [-0.25, -0.2) is 4.68 Å². The minimum Gasteiger partial charge on any atom is -0.369 e. The number of anilines is 1. The molecule has 2 heterocycles. The fourth-order valence-electron chi connectivity index (χ4n) is 3.78. The highest BCUT2D eigenvalue weighted by Gasteiger charge is 2.28. The van der Waals surface area contributed by atoms with Crippen LogP contribution in [0.15, 0.2) is 24.3 Å². The van der Waals surface area contributed by atoms with Gasteiger partial charge in [0.2, 0.25) is 0 Å². The molecule has 3 nitrogen and oxygen atoms in total. The number of benzene rings is 1. The van der Waals surface area contributed by atoms with Crippen LogP contribution in [0.1, 0.15) is 54.8 Å². The van der Waals surface area contributed by atoms with E-state index in [-0.39, 0.29) is 0 Å². The molecule has 1 fully saturated rings. The molecule has 1 aromatic carbocycles. The summed E-state index contributed by atoms with van der Waals surface area (Å²) >= 11 is 0. The number of nitrogens with one attached hydrogen (secondary N) is 1. The van der Waals surface area contributed by atoms with Gasteiger partial charge in [0.15, 0.2) is 0 Å². The van der Waals surface area contributed by atoms with Gasteiger partial charge in [-0.15, -0.1) is 0 Å². The molecule has 0 unspecified atom stereocenters. The maximum Gasteiger partial charge on any atom is 0.133 e. The van der Waals surface area contributed by atoms with Crippen molar-refractivity contribution in [3.8, 4) is 5.69 Å². The standard InChI is InChI=1S/C18H23N3/c1-13-7-9-15(10-8-13)21-18-16(11-12-19-18)17(20-21)14-5-3-2-4-6-14/h7-10,14,19H,2-6,11-12H2,1H3. The molecule has 0 spiro atoms. The Morgan fingerprint density at radius 1 is 1.10 bits per heavy atom. The number of fused-ring (bicyclic) bond motifs is 1. The SMILES string of the molecule is Cc1ccc(-n2nc(C3CCCCC3)c3c2NCC3)cc1. The summed E-state index contributed by atoms with van der Waals surface area (Å²) in [6.45, 7) is 3.18. The Labute approximate surface area is 126 Å². The number of aryl methyl sites for hydroxylation is 1. The Hall–Kier alpha value is -1.77. The van der Waals surface area contributed by atoms with Gasteiger partial charge < -0.3 is 5.32 Å². The van der Waals surface area contributed by atoms with Crippen molar-refractivity contribution in [3.63, 3.8) is 0 Å². The average molecular weight is 281 g/mol. The van der Waals surface area contributed by atoms with E-state index >= 15 is 0 Å². The zero-order valence-corrected chi connectivity index (χ0v) is 12.7. The first kappa shape index (κ1) is 12.9. The molecule has 4 rings (SSSR count). The molecule has 1 aliphatic heterocycles. The lowest BCUT2D eigenvalue weighted by molar-refractivity contribution is 0.433. The third-order valence-corrected chi connectivity index (χ3v) is 4.95. The summed E-state index contributed by atoms with van der Waals surface area (Å²) in [4.78, 5) is 0. The van der Waals surface area contributed by atoms with Gasteiger partial charge in [-0.05, 0) is 38.3 Å². The van der Waals surface area contributed by atoms with Crippen LogP contribution in [-0.2, 0) is 6.42 Å². The molecule has 1 aliphatic carbocycles. The lowest BCUT2D eigenvalue weighted by atomic mass is 9.85. The van der Waals surface area contributed by atoms with Gasteiger partial charge in [-0.2, -0.15) is 5.10 Å². The topological polar surface area (TPSA) is 29.9 Å². The van der Waals surface area contributed by atoms with Gasteiger partial charge in [0.1, 0.15) is 5.82 Å². The van der Waals surface area contributed by atoms with E-state index in [9.17, 15) is 0 Å². The molecule has 2 aromatic rings. The van der Waals surface area contributed by atoms with Crippen molar-refractivity contribution in [2.75, 3.05) is 11.9 Å². The van der Waals surface area contributed by atoms with Gasteiger partial charge in [-0.3, -0.25) is 0 Å². The first-order valence-electron chi connectivity index (χ1n) is 8.25. The van der Waals surface area contributed by atoms with Crippen LogP contribution in [0.4, 0.5) is 5.82 Å². The molecule has 0 atom stereocenters. The summed E-state index contributed by atoms with van der Waals surface area (Å²) in [5.74, 6) is 1.92. The van der Waals surface area contributed by atoms with Crippen molar-refractivity contribution in [2.45, 2.75) is 51.4 Å². The highest BCUT2D eigenvalue weighted by atomic mass is 15.3. The number of hydrogen-bond acceptors (Lipinski definition) is 2. The van der Waals surface area contributed by atoms with Crippen LogP contribution in [0, 0.1) is 6.92 Å². The molecule has 1 saturated carbocycles. The number of aromatic nitrogens is 2. The normalized spacial score (nSPS) is 18.5. The van der Waals surface area contributed by atoms with Crippen LogP contribution in [0.25, 0.3) is 5.69 Å². The maximum absolute atomic E-state index is 5.01. The first-order chi connectivity index (χ1) is 10.3. The first-order valence-corrected chi connectivity index (χ1v) is 8.25. The maximum atomic E-state index is 5.01. The summed E-state index contributed by atoms with van der Waals surface area (Å²) in [6, 6.07) is 8.68.